The average Bonchev–Trinajstić information content (AvgIpc) is 3.29. The second-order valence-electron chi connectivity index (χ2n) is 7.40. The number of para-hydroxylation sites is 1. The second-order valence-corrected chi connectivity index (χ2v) is 7.40. The molecule has 0 radical (unpaired) electrons. The van der Waals surface area contributed by atoms with E-state index in [2.05, 4.69) is 20.5 Å². The van der Waals surface area contributed by atoms with E-state index in [0.717, 1.165) is 41.5 Å². The first-order valence-electron chi connectivity index (χ1n) is 10.2. The molecule has 1 fully saturated rings. The summed E-state index contributed by atoms with van der Waals surface area (Å²) in [6.45, 7) is 4.12. The van der Waals surface area contributed by atoms with Gasteiger partial charge in [-0.25, -0.2) is 4.68 Å². The van der Waals surface area contributed by atoms with Gasteiger partial charge >= 0.3 is 6.18 Å². The van der Waals surface area contributed by atoms with Crippen molar-refractivity contribution in [2.75, 3.05) is 26.3 Å². The summed E-state index contributed by atoms with van der Waals surface area (Å²) in [5.41, 5.74) is 0.948. The van der Waals surface area contributed by atoms with Gasteiger partial charge in [0.1, 0.15) is 0 Å². The van der Waals surface area contributed by atoms with E-state index in [4.69, 9.17) is 4.74 Å². The fraction of sp³-hybridized carbons (Fsp3) is 0.318. The number of carbonyl (C=O) groups is 1. The van der Waals surface area contributed by atoms with Crippen molar-refractivity contribution in [1.29, 1.82) is 0 Å². The van der Waals surface area contributed by atoms with Crippen molar-refractivity contribution in [2.24, 2.45) is 0 Å². The lowest BCUT2D eigenvalue weighted by atomic mass is 10.1. The van der Waals surface area contributed by atoms with Gasteiger partial charge < -0.3 is 10.1 Å². The van der Waals surface area contributed by atoms with Crippen LogP contribution in [0.15, 0.2) is 54.7 Å². The molecule has 3 aromatic rings. The maximum atomic E-state index is 13.3. The van der Waals surface area contributed by atoms with Gasteiger partial charge in [0.05, 0.1) is 30.7 Å². The minimum absolute atomic E-state index is 0.0624. The molecule has 0 atom stereocenters. The van der Waals surface area contributed by atoms with Crippen LogP contribution in [-0.2, 0) is 24.0 Å². The Hall–Kier alpha value is -3.24. The third-order valence-electron chi connectivity index (χ3n) is 5.24. The molecule has 2 aromatic carbocycles. The van der Waals surface area contributed by atoms with Gasteiger partial charge in [-0.3, -0.25) is 9.69 Å². The molecule has 4 rings (SSSR count). The minimum atomic E-state index is -4.55. The lowest BCUT2D eigenvalue weighted by molar-refractivity contribution is -0.137. The number of hydrogen-bond donors (Lipinski definition) is 1. The zero-order valence-electron chi connectivity index (χ0n) is 17.2. The minimum Gasteiger partial charge on any atom is -0.379 e. The van der Waals surface area contributed by atoms with Crippen LogP contribution in [0.5, 0.6) is 0 Å². The summed E-state index contributed by atoms with van der Waals surface area (Å²) in [6.07, 6.45) is -3.35. The molecule has 10 heteroatoms. The van der Waals surface area contributed by atoms with E-state index in [9.17, 15) is 18.0 Å². The largest absolute Gasteiger partial charge is 0.418 e. The van der Waals surface area contributed by atoms with E-state index in [0.29, 0.717) is 13.2 Å². The number of nitrogens with zero attached hydrogens (tertiary/aromatic N) is 4. The average molecular weight is 445 g/mol. The van der Waals surface area contributed by atoms with Gasteiger partial charge in [0.15, 0.2) is 5.69 Å². The van der Waals surface area contributed by atoms with Crippen LogP contribution in [0, 0.1) is 0 Å². The van der Waals surface area contributed by atoms with Gasteiger partial charge in [-0.15, -0.1) is 5.10 Å². The van der Waals surface area contributed by atoms with Crippen molar-refractivity contribution in [2.45, 2.75) is 19.3 Å². The van der Waals surface area contributed by atoms with Crippen molar-refractivity contribution in [3.8, 4) is 5.69 Å². The van der Waals surface area contributed by atoms with Crippen molar-refractivity contribution >= 4 is 5.91 Å². The highest BCUT2D eigenvalue weighted by atomic mass is 19.4. The van der Waals surface area contributed by atoms with Gasteiger partial charge in [-0.2, -0.15) is 13.2 Å². The summed E-state index contributed by atoms with van der Waals surface area (Å²) in [7, 11) is 0. The predicted octanol–water partition coefficient (Wildman–Crippen LogP) is 3.05. The van der Waals surface area contributed by atoms with Crippen LogP contribution in [0.1, 0.15) is 27.2 Å². The number of benzene rings is 2. The number of rotatable bonds is 6. The van der Waals surface area contributed by atoms with Gasteiger partial charge in [0.25, 0.3) is 5.91 Å². The quantitative estimate of drug-likeness (QED) is 0.632. The van der Waals surface area contributed by atoms with Crippen LogP contribution >= 0.6 is 0 Å². The van der Waals surface area contributed by atoms with Crippen molar-refractivity contribution in [3.05, 3.63) is 77.1 Å². The van der Waals surface area contributed by atoms with E-state index in [1.165, 1.54) is 24.4 Å². The van der Waals surface area contributed by atoms with Gasteiger partial charge in [0, 0.05) is 26.2 Å². The van der Waals surface area contributed by atoms with E-state index < -0.39 is 17.6 Å². The molecule has 2 heterocycles. The molecule has 0 bridgehead atoms. The molecule has 1 aromatic heterocycles. The molecular formula is C22H22F3N5O2. The fourth-order valence-corrected chi connectivity index (χ4v) is 3.55. The third kappa shape index (κ3) is 5.14. The smallest absolute Gasteiger partial charge is 0.379 e. The Morgan fingerprint density at radius 1 is 1.03 bits per heavy atom. The summed E-state index contributed by atoms with van der Waals surface area (Å²) < 4.78 is 46.1. The highest BCUT2D eigenvalue weighted by Gasteiger charge is 2.34. The van der Waals surface area contributed by atoms with Crippen LogP contribution in [0.2, 0.25) is 0 Å². The van der Waals surface area contributed by atoms with Crippen molar-refractivity contribution in [3.63, 3.8) is 0 Å². The third-order valence-corrected chi connectivity index (χ3v) is 5.24. The van der Waals surface area contributed by atoms with Crippen LogP contribution in [0.3, 0.4) is 0 Å². The Kier molecular flexibility index (Phi) is 6.52. The molecule has 7 nitrogen and oxygen atoms in total. The summed E-state index contributed by atoms with van der Waals surface area (Å²) in [5.74, 6) is -0.512. The monoisotopic (exact) mass is 445 g/mol. The normalized spacial score (nSPS) is 15.0. The molecule has 168 valence electrons. The number of carbonyl (C=O) groups excluding carboxylic acids is 1. The Balaban J connectivity index is 1.44. The molecule has 1 amide bonds. The van der Waals surface area contributed by atoms with Crippen LogP contribution in [0.4, 0.5) is 13.2 Å². The van der Waals surface area contributed by atoms with E-state index in [-0.39, 0.29) is 17.9 Å². The van der Waals surface area contributed by atoms with Gasteiger partial charge in [-0.1, -0.05) is 41.6 Å². The first kappa shape index (κ1) is 22.0. The molecule has 1 saturated heterocycles. The van der Waals surface area contributed by atoms with Crippen molar-refractivity contribution in [1.82, 2.24) is 25.2 Å². The van der Waals surface area contributed by atoms with Gasteiger partial charge in [-0.05, 0) is 23.3 Å². The molecule has 1 aliphatic rings. The maximum Gasteiger partial charge on any atom is 0.418 e. The highest BCUT2D eigenvalue weighted by molar-refractivity contribution is 5.91. The molecule has 1 aliphatic heterocycles. The molecule has 32 heavy (non-hydrogen) atoms. The second kappa shape index (κ2) is 9.49. The van der Waals surface area contributed by atoms with Crippen molar-refractivity contribution < 1.29 is 22.7 Å². The highest BCUT2D eigenvalue weighted by Crippen LogP contribution is 2.33. The number of halogens is 3. The first-order valence-corrected chi connectivity index (χ1v) is 10.2. The SMILES string of the molecule is O=C(NCc1ccccc1CN1CCOCC1)c1cn(-c2ccccc2C(F)(F)F)nn1. The van der Waals surface area contributed by atoms with E-state index >= 15 is 0 Å². The number of morpholine rings is 1. The lowest BCUT2D eigenvalue weighted by Gasteiger charge is -2.27. The van der Waals surface area contributed by atoms with Crippen LogP contribution in [0.25, 0.3) is 5.69 Å². The predicted molar refractivity (Wildman–Crippen MR) is 110 cm³/mol. The van der Waals surface area contributed by atoms with E-state index in [1.54, 1.807) is 0 Å². The Labute approximate surface area is 182 Å². The Bertz CT molecular complexity index is 1080. The number of hydrogen-bond acceptors (Lipinski definition) is 5. The molecule has 0 saturated carbocycles. The molecule has 1 N–H and O–H groups in total. The standard InChI is InChI=1S/C22H22F3N5O2/c23-22(24,25)18-7-3-4-8-20(18)30-15-19(27-28-30)21(31)26-13-16-5-1-2-6-17(16)14-29-9-11-32-12-10-29/h1-8,15H,9-14H2,(H,26,31). The number of ether oxygens (including phenoxy) is 1. The van der Waals surface area contributed by atoms with Crippen LogP contribution < -0.4 is 5.32 Å². The fourth-order valence-electron chi connectivity index (χ4n) is 3.55. The Morgan fingerprint density at radius 2 is 1.72 bits per heavy atom. The number of alkyl halides is 3. The molecule has 0 unspecified atom stereocenters. The topological polar surface area (TPSA) is 72.3 Å². The molecule has 0 spiro atoms. The first-order chi connectivity index (χ1) is 15.4. The summed E-state index contributed by atoms with van der Waals surface area (Å²) in [4.78, 5) is 14.9. The Morgan fingerprint density at radius 3 is 2.47 bits per heavy atom. The molecular weight excluding hydrogens is 423 g/mol. The molecule has 0 aliphatic carbocycles. The number of aromatic nitrogens is 3. The lowest BCUT2D eigenvalue weighted by Crippen LogP contribution is -2.36. The number of nitrogens with one attached hydrogen (secondary N) is 1. The maximum absolute atomic E-state index is 13.3. The van der Waals surface area contributed by atoms with E-state index in [1.807, 2.05) is 24.3 Å². The van der Waals surface area contributed by atoms with Gasteiger partial charge in [0.2, 0.25) is 0 Å². The summed E-state index contributed by atoms with van der Waals surface area (Å²) >= 11 is 0. The summed E-state index contributed by atoms with van der Waals surface area (Å²) in [5, 5.41) is 10.3. The number of amides is 1. The zero-order chi connectivity index (χ0) is 22.6. The summed E-state index contributed by atoms with van der Waals surface area (Å²) in [6, 6.07) is 12.8. The van der Waals surface area contributed by atoms with Crippen LogP contribution in [-0.4, -0.2) is 52.1 Å². The zero-order valence-corrected chi connectivity index (χ0v) is 17.2.